The third-order valence-electron chi connectivity index (χ3n) is 7.67. The van der Waals surface area contributed by atoms with E-state index in [1.54, 1.807) is 36.4 Å². The van der Waals surface area contributed by atoms with E-state index in [1.807, 2.05) is 32.0 Å². The minimum absolute atomic E-state index is 0.106. The van der Waals surface area contributed by atoms with Crippen molar-refractivity contribution in [3.8, 4) is 5.75 Å². The fraction of sp³-hybridized carbons (Fsp3) is 0.250. The number of aryl methyl sites for hydroxylation is 2. The van der Waals surface area contributed by atoms with Crippen LogP contribution in [0.4, 0.5) is 5.69 Å². The van der Waals surface area contributed by atoms with Gasteiger partial charge >= 0.3 is 5.97 Å². The van der Waals surface area contributed by atoms with Crippen LogP contribution in [0.15, 0.2) is 78.8 Å². The third-order valence-corrected chi connectivity index (χ3v) is 7.67. The lowest BCUT2D eigenvalue weighted by atomic mass is 9.80. The largest absolute Gasteiger partial charge is 0.493 e. The molecule has 3 unspecified atom stereocenters. The van der Waals surface area contributed by atoms with Crippen molar-refractivity contribution in [2.24, 2.45) is 5.92 Å². The van der Waals surface area contributed by atoms with E-state index in [-0.39, 0.29) is 17.5 Å². The Kier molecular flexibility index (Phi) is 6.46. The highest BCUT2D eigenvalue weighted by Gasteiger charge is 2.42. The summed E-state index contributed by atoms with van der Waals surface area (Å²) in [5.41, 5.74) is 3.34. The van der Waals surface area contributed by atoms with Gasteiger partial charge in [0.15, 0.2) is 0 Å². The second-order valence-electron chi connectivity index (χ2n) is 10.4. The summed E-state index contributed by atoms with van der Waals surface area (Å²) in [4.78, 5) is 52.6. The molecule has 3 atom stereocenters. The van der Waals surface area contributed by atoms with Crippen molar-refractivity contribution in [1.29, 1.82) is 0 Å². The zero-order chi connectivity index (χ0) is 28.0. The van der Waals surface area contributed by atoms with Crippen molar-refractivity contribution in [2.45, 2.75) is 45.3 Å². The average Bonchev–Trinajstić information content (AvgIpc) is 3.22. The lowest BCUT2D eigenvalue weighted by molar-refractivity contribution is -0.132. The van der Waals surface area contributed by atoms with Gasteiger partial charge in [0.1, 0.15) is 24.2 Å². The molecule has 0 aromatic heterocycles. The van der Waals surface area contributed by atoms with Crippen LogP contribution in [0, 0.1) is 19.8 Å². The van der Waals surface area contributed by atoms with Crippen molar-refractivity contribution in [3.63, 3.8) is 0 Å². The highest BCUT2D eigenvalue weighted by atomic mass is 16.6. The van der Waals surface area contributed by atoms with Gasteiger partial charge in [-0.3, -0.25) is 14.4 Å². The SMILES string of the molecule is Cc1ccc(C)c(OC2=COC3CC(OC(=O)c4ccc(N5C(=O)c6ccccc6C5=O)cc4)CCC3C2=O)c1. The van der Waals surface area contributed by atoms with Crippen LogP contribution in [0.5, 0.6) is 5.75 Å². The van der Waals surface area contributed by atoms with Crippen LogP contribution in [0.3, 0.4) is 0 Å². The van der Waals surface area contributed by atoms with Gasteiger partial charge in [0.05, 0.1) is 28.3 Å². The predicted octanol–water partition coefficient (Wildman–Crippen LogP) is 5.32. The first-order valence-electron chi connectivity index (χ1n) is 13.2. The number of hydrogen-bond donors (Lipinski definition) is 0. The number of hydrogen-bond acceptors (Lipinski definition) is 7. The molecule has 3 aliphatic rings. The van der Waals surface area contributed by atoms with Gasteiger partial charge in [-0.15, -0.1) is 0 Å². The minimum atomic E-state index is -0.519. The molecule has 40 heavy (non-hydrogen) atoms. The van der Waals surface area contributed by atoms with Crippen molar-refractivity contribution in [3.05, 3.63) is 107 Å². The fourth-order valence-corrected chi connectivity index (χ4v) is 5.44. The van der Waals surface area contributed by atoms with Crippen LogP contribution in [-0.2, 0) is 14.3 Å². The number of Topliss-reactive ketones (excluding diaryl/α,β-unsaturated/α-hetero) is 1. The van der Waals surface area contributed by atoms with Gasteiger partial charge in [-0.05, 0) is 80.3 Å². The summed E-state index contributed by atoms with van der Waals surface area (Å²) in [7, 11) is 0. The summed E-state index contributed by atoms with van der Waals surface area (Å²) < 4.78 is 17.5. The zero-order valence-electron chi connectivity index (χ0n) is 22.1. The smallest absolute Gasteiger partial charge is 0.338 e. The monoisotopic (exact) mass is 537 g/mol. The van der Waals surface area contributed by atoms with Gasteiger partial charge in [0.2, 0.25) is 11.5 Å². The molecule has 2 aliphatic heterocycles. The number of allylic oxidation sites excluding steroid dienone is 1. The number of amides is 2. The molecule has 0 bridgehead atoms. The number of imide groups is 1. The number of rotatable bonds is 5. The maximum absolute atomic E-state index is 13.1. The van der Waals surface area contributed by atoms with E-state index in [0.717, 1.165) is 16.0 Å². The number of fused-ring (bicyclic) bond motifs is 2. The van der Waals surface area contributed by atoms with Gasteiger partial charge in [-0.1, -0.05) is 24.3 Å². The van der Waals surface area contributed by atoms with Gasteiger partial charge < -0.3 is 14.2 Å². The standard InChI is InChI=1S/C32H27NO7/c1-18-7-8-19(2)26(15-18)40-28-17-38-27-16-22(13-14-25(27)29(28)34)39-32(37)20-9-11-21(12-10-20)33-30(35)23-5-3-4-6-24(23)31(33)36/h3-12,15,17,22,25,27H,13-14,16H2,1-2H3. The lowest BCUT2D eigenvalue weighted by Crippen LogP contribution is -2.43. The maximum Gasteiger partial charge on any atom is 0.338 e. The second kappa shape index (κ2) is 10.1. The summed E-state index contributed by atoms with van der Waals surface area (Å²) in [5, 5.41) is 0. The maximum atomic E-state index is 13.1. The Hall–Kier alpha value is -4.72. The summed E-state index contributed by atoms with van der Waals surface area (Å²) in [6.45, 7) is 3.88. The molecule has 8 heteroatoms. The molecule has 0 N–H and O–H groups in total. The Morgan fingerprint density at radius 1 is 0.900 bits per heavy atom. The Morgan fingerprint density at radius 2 is 1.60 bits per heavy atom. The first-order chi connectivity index (χ1) is 19.3. The molecule has 3 aromatic rings. The van der Waals surface area contributed by atoms with Crippen LogP contribution >= 0.6 is 0 Å². The van der Waals surface area contributed by atoms with E-state index in [9.17, 15) is 19.2 Å². The molecular weight excluding hydrogens is 510 g/mol. The second-order valence-corrected chi connectivity index (χ2v) is 10.4. The number of nitrogens with zero attached hydrogens (tertiary/aromatic N) is 1. The molecule has 1 aliphatic carbocycles. The highest BCUT2D eigenvalue weighted by Crippen LogP contribution is 2.36. The van der Waals surface area contributed by atoms with Crippen molar-refractivity contribution in [1.82, 2.24) is 0 Å². The molecule has 0 saturated heterocycles. The number of benzene rings is 3. The van der Waals surface area contributed by atoms with Gasteiger partial charge in [0.25, 0.3) is 11.8 Å². The molecule has 2 heterocycles. The molecule has 1 saturated carbocycles. The van der Waals surface area contributed by atoms with E-state index in [2.05, 4.69) is 0 Å². The van der Waals surface area contributed by atoms with Crippen LogP contribution < -0.4 is 9.64 Å². The van der Waals surface area contributed by atoms with E-state index in [4.69, 9.17) is 14.2 Å². The van der Waals surface area contributed by atoms with Crippen molar-refractivity contribution < 1.29 is 33.4 Å². The Morgan fingerprint density at radius 3 is 2.30 bits per heavy atom. The zero-order valence-corrected chi connectivity index (χ0v) is 22.1. The Balaban J connectivity index is 1.08. The molecule has 2 amide bonds. The minimum Gasteiger partial charge on any atom is -0.493 e. The highest BCUT2D eigenvalue weighted by molar-refractivity contribution is 6.34. The van der Waals surface area contributed by atoms with Crippen LogP contribution in [0.1, 0.15) is 61.5 Å². The summed E-state index contributed by atoms with van der Waals surface area (Å²) in [6.07, 6.45) is 1.98. The van der Waals surface area contributed by atoms with Crippen LogP contribution in [0.25, 0.3) is 0 Å². The molecule has 6 rings (SSSR count). The Bertz CT molecular complexity index is 1540. The average molecular weight is 538 g/mol. The quantitative estimate of drug-likeness (QED) is 0.321. The van der Waals surface area contributed by atoms with E-state index >= 15 is 0 Å². The normalized spacial score (nSPS) is 21.8. The number of esters is 1. The molecular formula is C32H27NO7. The number of anilines is 1. The van der Waals surface area contributed by atoms with Gasteiger partial charge in [-0.2, -0.15) is 0 Å². The summed E-state index contributed by atoms with van der Waals surface area (Å²) in [5.74, 6) is -0.974. The molecule has 8 nitrogen and oxygen atoms in total. The molecule has 1 fully saturated rings. The first-order valence-corrected chi connectivity index (χ1v) is 13.2. The van der Waals surface area contributed by atoms with E-state index < -0.39 is 30.0 Å². The van der Waals surface area contributed by atoms with Crippen molar-refractivity contribution >= 4 is 29.3 Å². The lowest BCUT2D eigenvalue weighted by Gasteiger charge is -2.36. The number of carbonyl (C=O) groups excluding carboxylic acids is 4. The third kappa shape index (κ3) is 4.55. The Labute approximate surface area is 231 Å². The number of carbonyl (C=O) groups is 4. The molecule has 202 valence electrons. The summed E-state index contributed by atoms with van der Waals surface area (Å²) >= 11 is 0. The van der Waals surface area contributed by atoms with Gasteiger partial charge in [-0.25, -0.2) is 9.69 Å². The number of ether oxygens (including phenoxy) is 3. The molecule has 0 radical (unpaired) electrons. The van der Waals surface area contributed by atoms with Crippen LogP contribution in [-0.4, -0.2) is 35.8 Å². The molecule has 3 aromatic carbocycles. The molecule has 0 spiro atoms. The van der Waals surface area contributed by atoms with E-state index in [1.165, 1.54) is 18.4 Å². The predicted molar refractivity (Wildman–Crippen MR) is 145 cm³/mol. The first kappa shape index (κ1) is 25.6. The van der Waals surface area contributed by atoms with Crippen LogP contribution in [0.2, 0.25) is 0 Å². The number of ketones is 1. The van der Waals surface area contributed by atoms with Gasteiger partial charge in [0, 0.05) is 6.42 Å². The fourth-order valence-electron chi connectivity index (χ4n) is 5.44. The topological polar surface area (TPSA) is 99.2 Å². The van der Waals surface area contributed by atoms with Crippen molar-refractivity contribution in [2.75, 3.05) is 4.90 Å². The summed E-state index contributed by atoms with van der Waals surface area (Å²) in [6, 6.07) is 18.7. The van der Waals surface area contributed by atoms with E-state index in [0.29, 0.717) is 47.4 Å².